The van der Waals surface area contributed by atoms with Gasteiger partial charge in [-0.05, 0) is 69.4 Å². The number of fused-ring (bicyclic) bond motifs is 2. The smallest absolute Gasteiger partial charge is 0.209 e. The lowest BCUT2D eigenvalue weighted by atomic mass is 10.1. The predicted octanol–water partition coefficient (Wildman–Crippen LogP) is 4.12. The van der Waals surface area contributed by atoms with Gasteiger partial charge in [-0.1, -0.05) is 0 Å². The predicted molar refractivity (Wildman–Crippen MR) is 91.1 cm³/mol. The van der Waals surface area contributed by atoms with E-state index in [1.165, 1.54) is 0 Å². The van der Waals surface area contributed by atoms with Gasteiger partial charge in [-0.2, -0.15) is 0 Å². The maximum Gasteiger partial charge on any atom is 0.209 e. The highest BCUT2D eigenvalue weighted by molar-refractivity contribution is 14.1. The minimum atomic E-state index is 0.0136. The molecule has 19 heavy (non-hydrogen) atoms. The molecule has 96 valence electrons. The molecule has 0 radical (unpaired) electrons. The molecule has 1 aliphatic heterocycles. The molecule has 0 saturated carbocycles. The van der Waals surface area contributed by atoms with E-state index >= 15 is 0 Å². The third kappa shape index (κ3) is 2.22. The second-order valence-electron chi connectivity index (χ2n) is 4.07. The molecule has 3 rings (SSSR count). The zero-order chi connectivity index (χ0) is 13.6. The molecule has 1 aromatic rings. The van der Waals surface area contributed by atoms with E-state index in [1.807, 2.05) is 52.9 Å². The van der Waals surface area contributed by atoms with Crippen LogP contribution >= 0.6 is 45.2 Å². The summed E-state index contributed by atoms with van der Waals surface area (Å²) in [6, 6.07) is 9.54. The van der Waals surface area contributed by atoms with Gasteiger partial charge in [0.25, 0.3) is 0 Å². The average molecular weight is 478 g/mol. The fourth-order valence-corrected chi connectivity index (χ4v) is 3.77. The van der Waals surface area contributed by atoms with Crippen LogP contribution in [0.4, 0.5) is 0 Å². The summed E-state index contributed by atoms with van der Waals surface area (Å²) in [7, 11) is 1.62. The van der Waals surface area contributed by atoms with Crippen molar-refractivity contribution < 1.29 is 9.15 Å². The number of methoxy groups -OCH3 is 1. The molecule has 0 spiro atoms. The van der Waals surface area contributed by atoms with Gasteiger partial charge in [-0.3, -0.25) is 4.79 Å². The topological polar surface area (TPSA) is 39.4 Å². The van der Waals surface area contributed by atoms with Crippen LogP contribution in [0.5, 0.6) is 5.75 Å². The van der Waals surface area contributed by atoms with E-state index in [9.17, 15) is 4.79 Å². The fraction of sp³-hybridized carbons (Fsp3) is 0.0714. The summed E-state index contributed by atoms with van der Waals surface area (Å²) in [4.78, 5) is 11.9. The zero-order valence-corrected chi connectivity index (χ0v) is 14.2. The molecule has 3 nitrogen and oxygen atoms in total. The highest BCUT2D eigenvalue weighted by Crippen LogP contribution is 2.32. The van der Waals surface area contributed by atoms with Gasteiger partial charge in [-0.15, -0.1) is 0 Å². The third-order valence-corrected chi connectivity index (χ3v) is 4.68. The van der Waals surface area contributed by atoms with Gasteiger partial charge in [-0.25, -0.2) is 0 Å². The maximum absolute atomic E-state index is 11.9. The van der Waals surface area contributed by atoms with Crippen molar-refractivity contribution in [2.24, 2.45) is 0 Å². The van der Waals surface area contributed by atoms with Crippen molar-refractivity contribution in [2.75, 3.05) is 7.11 Å². The van der Waals surface area contributed by atoms with Crippen LogP contribution in [-0.2, 0) is 0 Å². The van der Waals surface area contributed by atoms with Crippen LogP contribution < -0.4 is 10.2 Å². The summed E-state index contributed by atoms with van der Waals surface area (Å²) < 4.78 is 12.4. The Bertz CT molecular complexity index is 808. The van der Waals surface area contributed by atoms with Gasteiger partial charge < -0.3 is 9.15 Å². The molecule has 2 aliphatic rings. The first-order valence-corrected chi connectivity index (χ1v) is 7.65. The van der Waals surface area contributed by atoms with Gasteiger partial charge in [0.15, 0.2) is 5.76 Å². The van der Waals surface area contributed by atoms with Gasteiger partial charge in [0.2, 0.25) is 5.43 Å². The number of rotatable bonds is 1. The first kappa shape index (κ1) is 13.2. The van der Waals surface area contributed by atoms with E-state index in [-0.39, 0.29) is 5.43 Å². The van der Waals surface area contributed by atoms with Crippen molar-refractivity contribution in [3.8, 4) is 17.1 Å². The number of ether oxygens (including phenoxy) is 1. The summed E-state index contributed by atoms with van der Waals surface area (Å²) in [5.41, 5.74) is 1.66. The lowest BCUT2D eigenvalue weighted by Gasteiger charge is -2.10. The largest absolute Gasteiger partial charge is 0.497 e. The Morgan fingerprint density at radius 2 is 1.95 bits per heavy atom. The van der Waals surface area contributed by atoms with Gasteiger partial charge in [0, 0.05) is 17.0 Å². The summed E-state index contributed by atoms with van der Waals surface area (Å²) in [6.45, 7) is 0. The molecule has 0 aromatic heterocycles. The maximum atomic E-state index is 11.9. The Balaban J connectivity index is 2.43. The van der Waals surface area contributed by atoms with Crippen LogP contribution in [0.15, 0.2) is 39.5 Å². The standard InChI is InChI=1S/C14H8I2O3/c1-18-9-3-2-7-4-8-5-10(15)13(17)12(16)14(8)19-11(7)6-9/h2-6H,1H3. The SMILES string of the molecule is COc1ccc2cc3cc(I)c(=O)c(I)c-3oc2c1. The zero-order valence-electron chi connectivity index (χ0n) is 9.87. The Hall–Kier alpha value is -0.830. The molecule has 1 aromatic carbocycles. The van der Waals surface area contributed by atoms with E-state index in [1.54, 1.807) is 7.11 Å². The van der Waals surface area contributed by atoms with Gasteiger partial charge in [0.05, 0.1) is 10.7 Å². The minimum Gasteiger partial charge on any atom is -0.497 e. The summed E-state index contributed by atoms with van der Waals surface area (Å²) >= 11 is 4.09. The molecule has 0 atom stereocenters. The molecular weight excluding hydrogens is 470 g/mol. The second-order valence-corrected chi connectivity index (χ2v) is 6.31. The van der Waals surface area contributed by atoms with Crippen molar-refractivity contribution in [3.63, 3.8) is 0 Å². The van der Waals surface area contributed by atoms with Crippen molar-refractivity contribution >= 4 is 56.2 Å². The Morgan fingerprint density at radius 1 is 1.16 bits per heavy atom. The Kier molecular flexibility index (Phi) is 3.42. The highest BCUT2D eigenvalue weighted by atomic mass is 127. The molecule has 0 saturated heterocycles. The molecule has 0 bridgehead atoms. The van der Waals surface area contributed by atoms with Crippen molar-refractivity contribution in [3.05, 3.63) is 47.7 Å². The van der Waals surface area contributed by atoms with Crippen LogP contribution in [-0.4, -0.2) is 7.11 Å². The molecule has 1 heterocycles. The monoisotopic (exact) mass is 478 g/mol. The van der Waals surface area contributed by atoms with Crippen LogP contribution in [0.2, 0.25) is 0 Å². The van der Waals surface area contributed by atoms with Crippen molar-refractivity contribution in [2.45, 2.75) is 0 Å². The van der Waals surface area contributed by atoms with Crippen LogP contribution in [0.1, 0.15) is 0 Å². The van der Waals surface area contributed by atoms with Crippen molar-refractivity contribution in [1.82, 2.24) is 0 Å². The third-order valence-electron chi connectivity index (χ3n) is 2.90. The second kappa shape index (κ2) is 4.93. The van der Waals surface area contributed by atoms with Crippen LogP contribution in [0.25, 0.3) is 22.3 Å². The summed E-state index contributed by atoms with van der Waals surface area (Å²) in [5, 5.41) is 0.985. The highest BCUT2D eigenvalue weighted by Gasteiger charge is 2.16. The number of hydrogen-bond donors (Lipinski definition) is 0. The van der Waals surface area contributed by atoms with E-state index in [4.69, 9.17) is 9.15 Å². The normalized spacial score (nSPS) is 11.1. The lowest BCUT2D eigenvalue weighted by molar-refractivity contribution is 0.414. The minimum absolute atomic E-state index is 0.0136. The van der Waals surface area contributed by atoms with Crippen LogP contribution in [0.3, 0.4) is 0 Å². The number of hydrogen-bond acceptors (Lipinski definition) is 3. The van der Waals surface area contributed by atoms with E-state index in [2.05, 4.69) is 22.6 Å². The molecule has 0 amide bonds. The van der Waals surface area contributed by atoms with Gasteiger partial charge >= 0.3 is 0 Å². The quantitative estimate of drug-likeness (QED) is 0.391. The molecule has 0 fully saturated rings. The molecular formula is C14H8I2O3. The van der Waals surface area contributed by atoms with E-state index in [0.29, 0.717) is 18.5 Å². The number of halogens is 2. The number of benzene rings is 2. The van der Waals surface area contributed by atoms with Crippen LogP contribution in [0, 0.1) is 7.14 Å². The molecule has 0 N–H and O–H groups in total. The molecule has 1 aliphatic carbocycles. The Labute approximate surface area is 136 Å². The lowest BCUT2D eigenvalue weighted by Crippen LogP contribution is -2.11. The average Bonchev–Trinajstić information content (AvgIpc) is 2.43. The summed E-state index contributed by atoms with van der Waals surface area (Å²) in [6.07, 6.45) is 0. The Morgan fingerprint density at radius 3 is 2.68 bits per heavy atom. The first-order valence-electron chi connectivity index (χ1n) is 5.50. The van der Waals surface area contributed by atoms with Gasteiger partial charge in [0.1, 0.15) is 14.9 Å². The van der Waals surface area contributed by atoms with Crippen molar-refractivity contribution in [1.29, 1.82) is 0 Å². The fourth-order valence-electron chi connectivity index (χ4n) is 1.94. The molecule has 0 unspecified atom stereocenters. The van der Waals surface area contributed by atoms with E-state index < -0.39 is 0 Å². The molecule has 5 heteroatoms. The first-order chi connectivity index (χ1) is 9.10. The van der Waals surface area contributed by atoms with E-state index in [0.717, 1.165) is 16.7 Å². The summed E-state index contributed by atoms with van der Waals surface area (Å²) in [5.74, 6) is 1.37.